The van der Waals surface area contributed by atoms with Crippen molar-refractivity contribution in [2.75, 3.05) is 16.8 Å². The van der Waals surface area contributed by atoms with Crippen LogP contribution in [0.3, 0.4) is 0 Å². The van der Waals surface area contributed by atoms with Gasteiger partial charge in [-0.25, -0.2) is 4.79 Å². The molecule has 1 atom stereocenters. The molecule has 2 aromatic carbocycles. The molecule has 8 nitrogen and oxygen atoms in total. The zero-order valence-electron chi connectivity index (χ0n) is 17.8. The summed E-state index contributed by atoms with van der Waals surface area (Å²) >= 11 is 0. The van der Waals surface area contributed by atoms with Crippen molar-refractivity contribution in [2.45, 2.75) is 39.2 Å². The molecule has 1 aliphatic heterocycles. The van der Waals surface area contributed by atoms with Crippen LogP contribution >= 0.6 is 0 Å². The van der Waals surface area contributed by atoms with Crippen molar-refractivity contribution >= 4 is 23.3 Å². The first-order valence-electron chi connectivity index (χ1n) is 10.3. The molecule has 1 aromatic heterocycles. The van der Waals surface area contributed by atoms with Gasteiger partial charge in [0.05, 0.1) is 5.92 Å². The number of aryl methyl sites for hydroxylation is 1. The van der Waals surface area contributed by atoms with Crippen LogP contribution in [0.25, 0.3) is 11.4 Å². The first-order valence-corrected chi connectivity index (χ1v) is 10.3. The van der Waals surface area contributed by atoms with Gasteiger partial charge in [-0.1, -0.05) is 35.0 Å². The minimum Gasteiger partial charge on any atom is -0.339 e. The van der Waals surface area contributed by atoms with Crippen LogP contribution in [-0.4, -0.2) is 34.7 Å². The van der Waals surface area contributed by atoms with Gasteiger partial charge in [0.2, 0.25) is 17.6 Å². The van der Waals surface area contributed by atoms with E-state index in [2.05, 4.69) is 20.8 Å². The Morgan fingerprint density at radius 3 is 2.71 bits per heavy atom. The number of amides is 3. The zero-order valence-corrected chi connectivity index (χ0v) is 17.8. The monoisotopic (exact) mass is 419 g/mol. The second kappa shape index (κ2) is 8.59. The smallest absolute Gasteiger partial charge is 0.319 e. The molecule has 0 unspecified atom stereocenters. The lowest BCUT2D eigenvalue weighted by atomic mass is 10.1. The Morgan fingerprint density at radius 1 is 1.19 bits per heavy atom. The Morgan fingerprint density at radius 2 is 1.97 bits per heavy atom. The van der Waals surface area contributed by atoms with Crippen LogP contribution in [0.15, 0.2) is 53.1 Å². The first kappa shape index (κ1) is 20.6. The van der Waals surface area contributed by atoms with Crippen molar-refractivity contribution in [1.82, 2.24) is 15.5 Å². The number of rotatable bonds is 5. The molecule has 31 heavy (non-hydrogen) atoms. The van der Waals surface area contributed by atoms with Crippen LogP contribution in [0, 0.1) is 6.92 Å². The molecule has 1 aliphatic rings. The summed E-state index contributed by atoms with van der Waals surface area (Å²) in [7, 11) is 0. The summed E-state index contributed by atoms with van der Waals surface area (Å²) in [5, 5.41) is 9.66. The summed E-state index contributed by atoms with van der Waals surface area (Å²) in [6, 6.07) is 14.9. The number of nitrogens with one attached hydrogen (secondary N) is 2. The molecule has 0 radical (unpaired) electrons. The van der Waals surface area contributed by atoms with Gasteiger partial charge >= 0.3 is 6.03 Å². The standard InChI is InChI=1S/C23H25N5O3/c1-14(2)24-23(30)25-18-6-4-5-16(11-18)21-26-22(31-27-21)17-12-20(29)28(13-17)19-9-7-15(3)8-10-19/h4-11,14,17H,12-13H2,1-3H3,(H2,24,25,30)/t17-/m1/s1. The highest BCUT2D eigenvalue weighted by atomic mass is 16.5. The Bertz CT molecular complexity index is 1090. The summed E-state index contributed by atoms with van der Waals surface area (Å²) in [4.78, 5) is 30.7. The molecule has 2 N–H and O–H groups in total. The van der Waals surface area contributed by atoms with Crippen molar-refractivity contribution < 1.29 is 14.1 Å². The predicted octanol–water partition coefficient (Wildman–Crippen LogP) is 4.10. The maximum absolute atomic E-state index is 12.5. The quantitative estimate of drug-likeness (QED) is 0.649. The van der Waals surface area contributed by atoms with Gasteiger partial charge < -0.3 is 20.1 Å². The average Bonchev–Trinajstić information content (AvgIpc) is 3.35. The van der Waals surface area contributed by atoms with Crippen molar-refractivity contribution in [3.8, 4) is 11.4 Å². The third-order valence-electron chi connectivity index (χ3n) is 5.06. The van der Waals surface area contributed by atoms with Gasteiger partial charge in [0, 0.05) is 35.9 Å². The van der Waals surface area contributed by atoms with E-state index in [1.165, 1.54) is 0 Å². The lowest BCUT2D eigenvalue weighted by molar-refractivity contribution is -0.117. The Kier molecular flexibility index (Phi) is 5.70. The highest BCUT2D eigenvalue weighted by molar-refractivity contribution is 5.96. The van der Waals surface area contributed by atoms with E-state index in [4.69, 9.17) is 4.52 Å². The Balaban J connectivity index is 1.47. The van der Waals surface area contributed by atoms with Crippen LogP contribution in [-0.2, 0) is 4.79 Å². The first-order chi connectivity index (χ1) is 14.9. The number of anilines is 2. The van der Waals surface area contributed by atoms with Crippen molar-refractivity contribution in [1.29, 1.82) is 0 Å². The molecule has 0 bridgehead atoms. The fourth-order valence-electron chi connectivity index (χ4n) is 3.53. The molecule has 4 rings (SSSR count). The van der Waals surface area contributed by atoms with Crippen molar-refractivity contribution in [2.24, 2.45) is 0 Å². The van der Waals surface area contributed by atoms with E-state index in [0.29, 0.717) is 30.4 Å². The van der Waals surface area contributed by atoms with Gasteiger partial charge in [0.25, 0.3) is 0 Å². The maximum atomic E-state index is 12.5. The molecule has 3 aromatic rings. The van der Waals surface area contributed by atoms with Crippen molar-refractivity contribution in [3.05, 3.63) is 60.0 Å². The molecule has 0 saturated carbocycles. The minimum atomic E-state index is -0.276. The van der Waals surface area contributed by atoms with Gasteiger partial charge in [-0.15, -0.1) is 0 Å². The molecule has 160 valence electrons. The lowest BCUT2D eigenvalue weighted by Gasteiger charge is -2.16. The van der Waals surface area contributed by atoms with Crippen LogP contribution in [0.5, 0.6) is 0 Å². The summed E-state index contributed by atoms with van der Waals surface area (Å²) in [6.45, 7) is 6.30. The molecular formula is C23H25N5O3. The molecule has 0 aliphatic carbocycles. The number of benzene rings is 2. The van der Waals surface area contributed by atoms with Gasteiger partial charge in [0.1, 0.15) is 0 Å². The average molecular weight is 419 g/mol. The molecule has 3 amide bonds. The van der Waals surface area contributed by atoms with E-state index in [9.17, 15) is 9.59 Å². The van der Waals surface area contributed by atoms with Crippen LogP contribution in [0.1, 0.15) is 37.6 Å². The van der Waals surface area contributed by atoms with Crippen LogP contribution < -0.4 is 15.5 Å². The number of hydrogen-bond donors (Lipinski definition) is 2. The predicted molar refractivity (Wildman–Crippen MR) is 118 cm³/mol. The van der Waals surface area contributed by atoms with Crippen LogP contribution in [0.4, 0.5) is 16.2 Å². The van der Waals surface area contributed by atoms with E-state index in [-0.39, 0.29) is 23.9 Å². The highest BCUT2D eigenvalue weighted by Gasteiger charge is 2.35. The number of carbonyl (C=O) groups excluding carboxylic acids is 2. The summed E-state index contributed by atoms with van der Waals surface area (Å²) in [5.41, 5.74) is 3.36. The molecule has 1 fully saturated rings. The largest absolute Gasteiger partial charge is 0.339 e. The number of nitrogens with zero attached hydrogens (tertiary/aromatic N) is 3. The number of urea groups is 1. The second-order valence-corrected chi connectivity index (χ2v) is 8.03. The summed E-state index contributed by atoms with van der Waals surface area (Å²) in [6.07, 6.45) is 0.326. The van der Waals surface area contributed by atoms with E-state index in [0.717, 1.165) is 16.8 Å². The van der Waals surface area contributed by atoms with E-state index in [1.807, 2.05) is 57.2 Å². The molecule has 1 saturated heterocycles. The fourth-order valence-corrected chi connectivity index (χ4v) is 3.53. The zero-order chi connectivity index (χ0) is 22.0. The van der Waals surface area contributed by atoms with Crippen LogP contribution in [0.2, 0.25) is 0 Å². The third kappa shape index (κ3) is 4.74. The Hall–Kier alpha value is -3.68. The number of carbonyl (C=O) groups is 2. The molecule has 2 heterocycles. The normalized spacial score (nSPS) is 16.1. The molecular weight excluding hydrogens is 394 g/mol. The SMILES string of the molecule is Cc1ccc(N2C[C@H](c3nc(-c4cccc(NC(=O)NC(C)C)c4)no3)CC2=O)cc1. The molecule has 8 heteroatoms. The highest BCUT2D eigenvalue weighted by Crippen LogP contribution is 2.32. The number of aromatic nitrogens is 2. The van der Waals surface area contributed by atoms with E-state index >= 15 is 0 Å². The van der Waals surface area contributed by atoms with E-state index < -0.39 is 0 Å². The topological polar surface area (TPSA) is 100 Å². The second-order valence-electron chi connectivity index (χ2n) is 8.03. The number of hydrogen-bond acceptors (Lipinski definition) is 5. The Labute approximate surface area is 180 Å². The third-order valence-corrected chi connectivity index (χ3v) is 5.06. The summed E-state index contributed by atoms with van der Waals surface area (Å²) < 4.78 is 5.49. The molecule has 0 spiro atoms. The van der Waals surface area contributed by atoms with Gasteiger partial charge in [-0.05, 0) is 45.0 Å². The minimum absolute atomic E-state index is 0.0379. The lowest BCUT2D eigenvalue weighted by Crippen LogP contribution is -2.34. The maximum Gasteiger partial charge on any atom is 0.319 e. The fraction of sp³-hybridized carbons (Fsp3) is 0.304. The van der Waals surface area contributed by atoms with Gasteiger partial charge in [-0.3, -0.25) is 4.79 Å². The van der Waals surface area contributed by atoms with Gasteiger partial charge in [-0.2, -0.15) is 4.98 Å². The van der Waals surface area contributed by atoms with Gasteiger partial charge in [0.15, 0.2) is 0 Å². The van der Waals surface area contributed by atoms with E-state index in [1.54, 1.807) is 17.0 Å². The van der Waals surface area contributed by atoms with Crippen molar-refractivity contribution in [3.63, 3.8) is 0 Å². The summed E-state index contributed by atoms with van der Waals surface area (Å²) in [5.74, 6) is 0.738.